The van der Waals surface area contributed by atoms with Gasteiger partial charge in [0.05, 0.1) is 5.56 Å². The lowest BCUT2D eigenvalue weighted by molar-refractivity contribution is -0.145. The molecule has 1 aromatic carbocycles. The SMILES string of the molecule is CCN(C(=O)c1cc(C)n(-c2nc(C(F)(F)F)cc(C(F)(F)F)c2C#N)n1)c1ccc(F)cc1. The fourth-order valence-corrected chi connectivity index (χ4v) is 3.16. The number of aryl methyl sites for hydroxylation is 1. The predicted octanol–water partition coefficient (Wildman–Crippen LogP) is 5.29. The molecule has 0 radical (unpaired) electrons. The van der Waals surface area contributed by atoms with Crippen molar-refractivity contribution >= 4 is 11.6 Å². The Hall–Kier alpha value is -3.95. The van der Waals surface area contributed by atoms with Crippen molar-refractivity contribution < 1.29 is 35.5 Å². The molecule has 0 spiro atoms. The van der Waals surface area contributed by atoms with Crippen molar-refractivity contribution in [1.29, 1.82) is 5.26 Å². The normalized spacial score (nSPS) is 11.9. The number of pyridine rings is 1. The van der Waals surface area contributed by atoms with Crippen molar-refractivity contribution in [1.82, 2.24) is 14.8 Å². The van der Waals surface area contributed by atoms with Crippen LogP contribution in [0.15, 0.2) is 36.4 Å². The lowest BCUT2D eigenvalue weighted by Gasteiger charge is -2.20. The molecule has 3 aromatic rings. The van der Waals surface area contributed by atoms with E-state index in [0.29, 0.717) is 4.68 Å². The molecule has 0 N–H and O–H groups in total. The van der Waals surface area contributed by atoms with E-state index >= 15 is 0 Å². The fourth-order valence-electron chi connectivity index (χ4n) is 3.16. The molecule has 0 atom stereocenters. The highest BCUT2D eigenvalue weighted by molar-refractivity contribution is 6.04. The topological polar surface area (TPSA) is 74.8 Å². The summed E-state index contributed by atoms with van der Waals surface area (Å²) in [6.07, 6.45) is -10.5. The first-order valence-electron chi connectivity index (χ1n) is 9.52. The van der Waals surface area contributed by atoms with Crippen molar-refractivity contribution in [3.8, 4) is 11.9 Å². The largest absolute Gasteiger partial charge is 0.433 e. The molecule has 0 unspecified atom stereocenters. The molecule has 0 aliphatic heterocycles. The minimum atomic E-state index is -5.29. The quantitative estimate of drug-likeness (QED) is 0.471. The molecule has 13 heteroatoms. The third-order valence-corrected chi connectivity index (χ3v) is 4.71. The second-order valence-corrected chi connectivity index (χ2v) is 6.97. The highest BCUT2D eigenvalue weighted by Crippen LogP contribution is 2.38. The molecule has 34 heavy (non-hydrogen) atoms. The average Bonchev–Trinajstić information content (AvgIpc) is 3.14. The predicted molar refractivity (Wildman–Crippen MR) is 105 cm³/mol. The van der Waals surface area contributed by atoms with E-state index in [4.69, 9.17) is 0 Å². The van der Waals surface area contributed by atoms with Crippen LogP contribution in [0.1, 0.15) is 39.9 Å². The summed E-state index contributed by atoms with van der Waals surface area (Å²) in [6.45, 7) is 2.97. The van der Waals surface area contributed by atoms with Crippen LogP contribution in [0.3, 0.4) is 0 Å². The smallest absolute Gasteiger partial charge is 0.307 e. The second kappa shape index (κ2) is 8.77. The van der Waals surface area contributed by atoms with Gasteiger partial charge in [0.2, 0.25) is 0 Å². The van der Waals surface area contributed by atoms with Gasteiger partial charge in [0, 0.05) is 17.9 Å². The Bertz CT molecular complexity index is 1270. The van der Waals surface area contributed by atoms with Crippen LogP contribution in [0, 0.1) is 24.1 Å². The first kappa shape index (κ1) is 24.7. The molecule has 178 valence electrons. The van der Waals surface area contributed by atoms with E-state index in [1.807, 2.05) is 0 Å². The number of carbonyl (C=O) groups excluding carboxylic acids is 1. The van der Waals surface area contributed by atoms with E-state index in [0.717, 1.165) is 18.2 Å². The number of alkyl halides is 6. The zero-order chi connectivity index (χ0) is 25.4. The van der Waals surface area contributed by atoms with Crippen molar-refractivity contribution in [2.24, 2.45) is 0 Å². The Morgan fingerprint density at radius 1 is 1.09 bits per heavy atom. The number of carbonyl (C=O) groups is 1. The standard InChI is InChI=1S/C21H14F7N5O/c1-3-32(13-6-4-12(22)5-7-13)19(34)16-8-11(2)33(31-16)18-14(10-29)15(20(23,24)25)9-17(30-18)21(26,27)28/h4-9H,3H2,1-2H3. The Morgan fingerprint density at radius 3 is 2.21 bits per heavy atom. The van der Waals surface area contributed by atoms with E-state index in [-0.39, 0.29) is 29.7 Å². The molecule has 6 nitrogen and oxygen atoms in total. The monoisotopic (exact) mass is 485 g/mol. The van der Waals surface area contributed by atoms with Gasteiger partial charge in [-0.1, -0.05) is 0 Å². The van der Waals surface area contributed by atoms with Crippen molar-refractivity contribution in [3.05, 3.63) is 70.4 Å². The molecular weight excluding hydrogens is 471 g/mol. The van der Waals surface area contributed by atoms with Crippen LogP contribution in [-0.4, -0.2) is 27.2 Å². The van der Waals surface area contributed by atoms with Gasteiger partial charge in [-0.05, 0) is 50.2 Å². The number of benzene rings is 1. The van der Waals surface area contributed by atoms with E-state index in [2.05, 4.69) is 10.1 Å². The number of amides is 1. The van der Waals surface area contributed by atoms with Gasteiger partial charge in [-0.2, -0.15) is 36.7 Å². The van der Waals surface area contributed by atoms with E-state index in [9.17, 15) is 40.8 Å². The minimum absolute atomic E-state index is 0.0463. The number of halogens is 7. The van der Waals surface area contributed by atoms with Gasteiger partial charge in [-0.15, -0.1) is 0 Å². The van der Waals surface area contributed by atoms with E-state index < -0.39 is 46.7 Å². The van der Waals surface area contributed by atoms with Gasteiger partial charge in [-0.3, -0.25) is 4.79 Å². The average molecular weight is 485 g/mol. The van der Waals surface area contributed by atoms with Gasteiger partial charge in [0.25, 0.3) is 5.91 Å². The summed E-state index contributed by atoms with van der Waals surface area (Å²) in [6, 6.07) is 6.97. The van der Waals surface area contributed by atoms with Crippen molar-refractivity contribution in [3.63, 3.8) is 0 Å². The number of rotatable bonds is 4. The van der Waals surface area contributed by atoms with Crippen LogP contribution in [0.4, 0.5) is 36.4 Å². The van der Waals surface area contributed by atoms with Crippen molar-refractivity contribution in [2.75, 3.05) is 11.4 Å². The summed E-state index contributed by atoms with van der Waals surface area (Å²) in [5.41, 5.74) is -4.99. The molecular formula is C21H14F7N5O. The number of anilines is 1. The van der Waals surface area contributed by atoms with Gasteiger partial charge in [0.1, 0.15) is 23.1 Å². The first-order valence-corrected chi connectivity index (χ1v) is 9.52. The Labute approximate surface area is 187 Å². The van der Waals surface area contributed by atoms with E-state index in [1.54, 1.807) is 6.92 Å². The Balaban J connectivity index is 2.17. The van der Waals surface area contributed by atoms with Crippen LogP contribution in [0.25, 0.3) is 5.82 Å². The molecule has 2 aromatic heterocycles. The second-order valence-electron chi connectivity index (χ2n) is 6.97. The third-order valence-electron chi connectivity index (χ3n) is 4.71. The summed E-state index contributed by atoms with van der Waals surface area (Å²) in [7, 11) is 0. The number of nitrogens with zero attached hydrogens (tertiary/aromatic N) is 5. The van der Waals surface area contributed by atoms with Gasteiger partial charge < -0.3 is 4.90 Å². The highest BCUT2D eigenvalue weighted by Gasteiger charge is 2.41. The fraction of sp³-hybridized carbons (Fsp3) is 0.238. The summed E-state index contributed by atoms with van der Waals surface area (Å²) < 4.78 is 93.9. The van der Waals surface area contributed by atoms with Crippen LogP contribution in [0.2, 0.25) is 0 Å². The summed E-state index contributed by atoms with van der Waals surface area (Å²) in [4.78, 5) is 17.4. The first-order chi connectivity index (χ1) is 15.8. The lowest BCUT2D eigenvalue weighted by Crippen LogP contribution is -2.31. The maximum Gasteiger partial charge on any atom is 0.433 e. The lowest BCUT2D eigenvalue weighted by atomic mass is 10.1. The molecule has 2 heterocycles. The minimum Gasteiger partial charge on any atom is -0.307 e. The number of aromatic nitrogens is 3. The zero-order valence-electron chi connectivity index (χ0n) is 17.5. The summed E-state index contributed by atoms with van der Waals surface area (Å²) in [5.74, 6) is -2.32. The molecule has 1 amide bonds. The van der Waals surface area contributed by atoms with Crippen molar-refractivity contribution in [2.45, 2.75) is 26.2 Å². The van der Waals surface area contributed by atoms with Crippen LogP contribution >= 0.6 is 0 Å². The Morgan fingerprint density at radius 2 is 1.71 bits per heavy atom. The zero-order valence-corrected chi connectivity index (χ0v) is 17.5. The maximum atomic E-state index is 13.4. The highest BCUT2D eigenvalue weighted by atomic mass is 19.4. The summed E-state index contributed by atoms with van der Waals surface area (Å²) >= 11 is 0. The third kappa shape index (κ3) is 4.70. The van der Waals surface area contributed by atoms with Gasteiger partial charge in [-0.25, -0.2) is 14.1 Å². The molecule has 0 saturated carbocycles. The molecule has 0 aliphatic carbocycles. The molecule has 3 rings (SSSR count). The Kier molecular flexibility index (Phi) is 6.37. The summed E-state index contributed by atoms with van der Waals surface area (Å²) in [5, 5.41) is 13.2. The van der Waals surface area contributed by atoms with Crippen LogP contribution in [-0.2, 0) is 12.4 Å². The van der Waals surface area contributed by atoms with Gasteiger partial charge >= 0.3 is 12.4 Å². The number of hydrogen-bond acceptors (Lipinski definition) is 4. The number of nitriles is 1. The molecule has 0 bridgehead atoms. The number of hydrogen-bond donors (Lipinski definition) is 0. The maximum absolute atomic E-state index is 13.4. The van der Waals surface area contributed by atoms with E-state index in [1.165, 1.54) is 30.0 Å². The van der Waals surface area contributed by atoms with Gasteiger partial charge in [0.15, 0.2) is 11.5 Å². The molecule has 0 fully saturated rings. The van der Waals surface area contributed by atoms with Crippen LogP contribution < -0.4 is 4.90 Å². The molecule has 0 aliphatic rings. The molecule has 0 saturated heterocycles. The van der Waals surface area contributed by atoms with Crippen LogP contribution in [0.5, 0.6) is 0 Å².